The van der Waals surface area contributed by atoms with Gasteiger partial charge in [-0.25, -0.2) is 4.39 Å². The molecule has 0 saturated carbocycles. The standard InChI is InChI=1S/C11H14FNO3/c1-2-16-10-4-3-8(7-9(10)12)11(15)13-5-6-14/h3-4,7,14H,2,5-6H2,1H3,(H,13,15). The van der Waals surface area contributed by atoms with Gasteiger partial charge in [-0.1, -0.05) is 0 Å². The molecule has 1 aromatic carbocycles. The first-order valence-corrected chi connectivity index (χ1v) is 5.00. The second kappa shape index (κ2) is 6.07. The topological polar surface area (TPSA) is 58.6 Å². The molecule has 88 valence electrons. The van der Waals surface area contributed by atoms with Gasteiger partial charge in [-0.15, -0.1) is 0 Å². The van der Waals surface area contributed by atoms with Crippen LogP contribution in [0.4, 0.5) is 4.39 Å². The van der Waals surface area contributed by atoms with Gasteiger partial charge in [-0.2, -0.15) is 0 Å². The molecule has 0 unspecified atom stereocenters. The number of ether oxygens (including phenoxy) is 1. The molecule has 0 atom stereocenters. The average molecular weight is 227 g/mol. The van der Waals surface area contributed by atoms with E-state index in [1.165, 1.54) is 12.1 Å². The van der Waals surface area contributed by atoms with Crippen molar-refractivity contribution in [3.05, 3.63) is 29.6 Å². The van der Waals surface area contributed by atoms with Gasteiger partial charge in [0.05, 0.1) is 13.2 Å². The summed E-state index contributed by atoms with van der Waals surface area (Å²) in [4.78, 5) is 11.4. The molecule has 1 aromatic rings. The Hall–Kier alpha value is -1.62. The summed E-state index contributed by atoms with van der Waals surface area (Å²) in [6, 6.07) is 3.99. The van der Waals surface area contributed by atoms with Crippen LogP contribution in [-0.4, -0.2) is 30.8 Å². The third-order valence-corrected chi connectivity index (χ3v) is 1.89. The lowest BCUT2D eigenvalue weighted by molar-refractivity contribution is 0.0944. The zero-order valence-electron chi connectivity index (χ0n) is 9.00. The second-order valence-electron chi connectivity index (χ2n) is 3.06. The van der Waals surface area contributed by atoms with Crippen LogP contribution in [-0.2, 0) is 0 Å². The minimum Gasteiger partial charge on any atom is -0.491 e. The van der Waals surface area contributed by atoms with Gasteiger partial charge in [0.25, 0.3) is 5.91 Å². The number of carbonyl (C=O) groups excluding carboxylic acids is 1. The van der Waals surface area contributed by atoms with Crippen molar-refractivity contribution >= 4 is 5.91 Å². The van der Waals surface area contributed by atoms with Crippen LogP contribution in [0, 0.1) is 5.82 Å². The van der Waals surface area contributed by atoms with Gasteiger partial charge >= 0.3 is 0 Å². The van der Waals surface area contributed by atoms with Crippen LogP contribution in [0.5, 0.6) is 5.75 Å². The predicted octanol–water partition coefficient (Wildman–Crippen LogP) is 0.946. The van der Waals surface area contributed by atoms with Gasteiger partial charge < -0.3 is 15.2 Å². The van der Waals surface area contributed by atoms with Crippen molar-refractivity contribution < 1.29 is 19.0 Å². The first kappa shape index (κ1) is 12.4. The van der Waals surface area contributed by atoms with E-state index >= 15 is 0 Å². The zero-order chi connectivity index (χ0) is 12.0. The minimum atomic E-state index is -0.571. The number of hydrogen-bond donors (Lipinski definition) is 2. The van der Waals surface area contributed by atoms with Crippen molar-refractivity contribution in [2.45, 2.75) is 6.92 Å². The first-order valence-electron chi connectivity index (χ1n) is 5.00. The van der Waals surface area contributed by atoms with E-state index in [4.69, 9.17) is 9.84 Å². The lowest BCUT2D eigenvalue weighted by Gasteiger charge is -2.07. The number of amides is 1. The fraction of sp³-hybridized carbons (Fsp3) is 0.364. The van der Waals surface area contributed by atoms with Crippen molar-refractivity contribution in [2.75, 3.05) is 19.8 Å². The number of aliphatic hydroxyl groups excluding tert-OH is 1. The minimum absolute atomic E-state index is 0.126. The summed E-state index contributed by atoms with van der Waals surface area (Å²) < 4.78 is 18.4. The molecular weight excluding hydrogens is 213 g/mol. The quantitative estimate of drug-likeness (QED) is 0.787. The van der Waals surface area contributed by atoms with E-state index in [0.29, 0.717) is 6.61 Å². The first-order chi connectivity index (χ1) is 7.69. The van der Waals surface area contributed by atoms with Gasteiger partial charge in [-0.3, -0.25) is 4.79 Å². The second-order valence-corrected chi connectivity index (χ2v) is 3.06. The number of aliphatic hydroxyl groups is 1. The van der Waals surface area contributed by atoms with Gasteiger partial charge in [0, 0.05) is 12.1 Å². The maximum atomic E-state index is 13.4. The molecule has 0 aliphatic rings. The molecule has 0 saturated heterocycles. The van der Waals surface area contributed by atoms with Crippen LogP contribution in [0.3, 0.4) is 0 Å². The highest BCUT2D eigenvalue weighted by Crippen LogP contribution is 2.18. The Bertz CT molecular complexity index is 368. The number of benzene rings is 1. The van der Waals surface area contributed by atoms with E-state index in [1.54, 1.807) is 6.92 Å². The summed E-state index contributed by atoms with van der Waals surface area (Å²) in [6.45, 7) is 2.12. The Kier molecular flexibility index (Phi) is 4.72. The van der Waals surface area contributed by atoms with Crippen molar-refractivity contribution in [1.82, 2.24) is 5.32 Å². The van der Waals surface area contributed by atoms with Crippen molar-refractivity contribution in [1.29, 1.82) is 0 Å². The van der Waals surface area contributed by atoms with E-state index < -0.39 is 11.7 Å². The molecule has 1 rings (SSSR count). The van der Waals surface area contributed by atoms with Crippen LogP contribution in [0.2, 0.25) is 0 Å². The Morgan fingerprint density at radius 3 is 2.88 bits per heavy atom. The summed E-state index contributed by atoms with van der Waals surface area (Å²) >= 11 is 0. The number of carbonyl (C=O) groups is 1. The molecule has 0 bridgehead atoms. The molecule has 4 nitrogen and oxygen atoms in total. The van der Waals surface area contributed by atoms with E-state index in [9.17, 15) is 9.18 Å². The summed E-state index contributed by atoms with van der Waals surface area (Å²) in [6.07, 6.45) is 0. The number of hydrogen-bond acceptors (Lipinski definition) is 3. The molecular formula is C11H14FNO3. The van der Waals surface area contributed by atoms with E-state index in [0.717, 1.165) is 6.07 Å². The smallest absolute Gasteiger partial charge is 0.251 e. The molecule has 1 amide bonds. The van der Waals surface area contributed by atoms with Crippen LogP contribution >= 0.6 is 0 Å². The molecule has 0 aliphatic heterocycles. The molecule has 5 heteroatoms. The van der Waals surface area contributed by atoms with Gasteiger partial charge in [0.1, 0.15) is 0 Å². The number of rotatable bonds is 5. The van der Waals surface area contributed by atoms with Gasteiger partial charge in [0.15, 0.2) is 11.6 Å². The van der Waals surface area contributed by atoms with E-state index in [-0.39, 0.29) is 24.5 Å². The number of halogens is 1. The van der Waals surface area contributed by atoms with Crippen molar-refractivity contribution in [3.8, 4) is 5.75 Å². The van der Waals surface area contributed by atoms with Crippen molar-refractivity contribution in [3.63, 3.8) is 0 Å². The summed E-state index contributed by atoms with van der Waals surface area (Å²) in [5, 5.41) is 11.0. The maximum absolute atomic E-state index is 13.4. The van der Waals surface area contributed by atoms with Crippen LogP contribution in [0.15, 0.2) is 18.2 Å². The molecule has 0 heterocycles. The molecule has 0 aliphatic carbocycles. The van der Waals surface area contributed by atoms with Crippen LogP contribution < -0.4 is 10.1 Å². The SMILES string of the molecule is CCOc1ccc(C(=O)NCCO)cc1F. The Morgan fingerprint density at radius 2 is 2.31 bits per heavy atom. The molecule has 0 spiro atoms. The highest BCUT2D eigenvalue weighted by molar-refractivity contribution is 5.94. The fourth-order valence-electron chi connectivity index (χ4n) is 1.19. The Balaban J connectivity index is 2.76. The maximum Gasteiger partial charge on any atom is 0.251 e. The highest BCUT2D eigenvalue weighted by atomic mass is 19.1. The summed E-state index contributed by atoms with van der Waals surface area (Å²) in [7, 11) is 0. The highest BCUT2D eigenvalue weighted by Gasteiger charge is 2.09. The number of nitrogens with one attached hydrogen (secondary N) is 1. The van der Waals surface area contributed by atoms with Crippen molar-refractivity contribution in [2.24, 2.45) is 0 Å². The molecule has 0 fully saturated rings. The monoisotopic (exact) mass is 227 g/mol. The summed E-state index contributed by atoms with van der Waals surface area (Å²) in [5.41, 5.74) is 0.203. The van der Waals surface area contributed by atoms with Crippen LogP contribution in [0.1, 0.15) is 17.3 Å². The molecule has 16 heavy (non-hydrogen) atoms. The largest absolute Gasteiger partial charge is 0.491 e. The third-order valence-electron chi connectivity index (χ3n) is 1.89. The lowest BCUT2D eigenvalue weighted by Crippen LogP contribution is -2.26. The Labute approximate surface area is 93.0 Å². The van der Waals surface area contributed by atoms with E-state index in [1.807, 2.05) is 0 Å². The lowest BCUT2D eigenvalue weighted by atomic mass is 10.2. The van der Waals surface area contributed by atoms with E-state index in [2.05, 4.69) is 5.32 Å². The van der Waals surface area contributed by atoms with Gasteiger partial charge in [0.2, 0.25) is 0 Å². The third kappa shape index (κ3) is 3.20. The molecule has 0 aromatic heterocycles. The predicted molar refractivity (Wildman–Crippen MR) is 57.0 cm³/mol. The molecule has 2 N–H and O–H groups in total. The fourth-order valence-corrected chi connectivity index (χ4v) is 1.19. The zero-order valence-corrected chi connectivity index (χ0v) is 9.00. The molecule has 0 radical (unpaired) electrons. The summed E-state index contributed by atoms with van der Waals surface area (Å²) in [5.74, 6) is -0.865. The van der Waals surface area contributed by atoms with Crippen LogP contribution in [0.25, 0.3) is 0 Å². The average Bonchev–Trinajstić information content (AvgIpc) is 2.29. The normalized spacial score (nSPS) is 9.94. The Morgan fingerprint density at radius 1 is 1.56 bits per heavy atom. The van der Waals surface area contributed by atoms with Gasteiger partial charge in [-0.05, 0) is 25.1 Å².